The Morgan fingerprint density at radius 1 is 0.917 bits per heavy atom. The van der Waals surface area contributed by atoms with E-state index in [0.29, 0.717) is 33.6 Å². The van der Waals surface area contributed by atoms with Crippen molar-refractivity contribution < 1.29 is 19.1 Å². The standard InChI is InChI=1S/C27H21N3O4S2/c1-34-19-13-11-18(12-14-19)28-22(31)16-29-21-10-6-5-9-20(21)23(25(29)32)24-26(33)30(27(35)36-24)15-17-7-3-2-4-8-17/h2-14H,15-16H2,1H3,(H,28,31)/b24-23-. The van der Waals surface area contributed by atoms with Gasteiger partial charge in [-0.25, -0.2) is 0 Å². The molecule has 0 atom stereocenters. The lowest BCUT2D eigenvalue weighted by molar-refractivity contribution is -0.122. The van der Waals surface area contributed by atoms with Gasteiger partial charge in [0.2, 0.25) is 5.91 Å². The van der Waals surface area contributed by atoms with E-state index in [-0.39, 0.29) is 28.8 Å². The van der Waals surface area contributed by atoms with Crippen LogP contribution in [0.2, 0.25) is 0 Å². The van der Waals surface area contributed by atoms with E-state index >= 15 is 0 Å². The van der Waals surface area contributed by atoms with Crippen LogP contribution in [-0.4, -0.2) is 40.6 Å². The number of nitrogens with one attached hydrogen (secondary N) is 1. The normalized spacial score (nSPS) is 17.0. The maximum atomic E-state index is 13.6. The zero-order chi connectivity index (χ0) is 25.2. The molecule has 9 heteroatoms. The van der Waals surface area contributed by atoms with E-state index in [9.17, 15) is 14.4 Å². The molecule has 0 saturated carbocycles. The van der Waals surface area contributed by atoms with Crippen molar-refractivity contribution in [1.82, 2.24) is 4.90 Å². The Morgan fingerprint density at radius 3 is 2.33 bits per heavy atom. The van der Waals surface area contributed by atoms with Gasteiger partial charge in [-0.15, -0.1) is 0 Å². The Kier molecular flexibility index (Phi) is 6.58. The van der Waals surface area contributed by atoms with Gasteiger partial charge in [0.15, 0.2) is 0 Å². The van der Waals surface area contributed by atoms with Crippen molar-refractivity contribution >= 4 is 63.0 Å². The Hall–Kier alpha value is -3.95. The minimum Gasteiger partial charge on any atom is -0.497 e. The van der Waals surface area contributed by atoms with Crippen LogP contribution in [0.4, 0.5) is 11.4 Å². The number of rotatable bonds is 6. The molecule has 3 aromatic rings. The van der Waals surface area contributed by atoms with Gasteiger partial charge < -0.3 is 10.1 Å². The molecule has 0 unspecified atom stereocenters. The summed E-state index contributed by atoms with van der Waals surface area (Å²) in [7, 11) is 1.57. The van der Waals surface area contributed by atoms with Gasteiger partial charge in [-0.2, -0.15) is 0 Å². The molecule has 1 fully saturated rings. The molecule has 36 heavy (non-hydrogen) atoms. The summed E-state index contributed by atoms with van der Waals surface area (Å²) in [5, 5.41) is 2.80. The van der Waals surface area contributed by atoms with E-state index in [1.165, 1.54) is 9.80 Å². The third-order valence-electron chi connectivity index (χ3n) is 5.86. The average Bonchev–Trinajstić information content (AvgIpc) is 3.32. The maximum Gasteiger partial charge on any atom is 0.267 e. The van der Waals surface area contributed by atoms with Crippen LogP contribution < -0.4 is 15.0 Å². The van der Waals surface area contributed by atoms with Gasteiger partial charge in [-0.1, -0.05) is 72.5 Å². The quantitative estimate of drug-likeness (QED) is 0.386. The number of fused-ring (bicyclic) bond motifs is 1. The van der Waals surface area contributed by atoms with Crippen LogP contribution in [-0.2, 0) is 20.9 Å². The van der Waals surface area contributed by atoms with E-state index in [1.54, 1.807) is 55.6 Å². The van der Waals surface area contributed by atoms with Gasteiger partial charge >= 0.3 is 0 Å². The fraction of sp³-hybridized carbons (Fsp3) is 0.111. The van der Waals surface area contributed by atoms with Gasteiger partial charge in [0.25, 0.3) is 11.8 Å². The highest BCUT2D eigenvalue weighted by Crippen LogP contribution is 2.44. The summed E-state index contributed by atoms with van der Waals surface area (Å²) < 4.78 is 5.54. The third kappa shape index (κ3) is 4.50. The molecule has 7 nitrogen and oxygen atoms in total. The molecular weight excluding hydrogens is 494 g/mol. The summed E-state index contributed by atoms with van der Waals surface area (Å²) in [5.74, 6) is -0.398. The number of nitrogens with zero attached hydrogens (tertiary/aromatic N) is 2. The Morgan fingerprint density at radius 2 is 1.61 bits per heavy atom. The number of carbonyl (C=O) groups is 3. The molecule has 0 spiro atoms. The summed E-state index contributed by atoms with van der Waals surface area (Å²) in [6, 6.07) is 23.6. The van der Waals surface area contributed by atoms with Crippen LogP contribution >= 0.6 is 24.0 Å². The van der Waals surface area contributed by atoms with Crippen molar-refractivity contribution in [1.29, 1.82) is 0 Å². The Balaban J connectivity index is 1.41. The minimum absolute atomic E-state index is 0.199. The summed E-state index contributed by atoms with van der Waals surface area (Å²) >= 11 is 6.61. The number of thioether (sulfide) groups is 1. The second-order valence-electron chi connectivity index (χ2n) is 8.13. The number of ether oxygens (including phenoxy) is 1. The second kappa shape index (κ2) is 9.96. The molecule has 0 radical (unpaired) electrons. The molecule has 0 bridgehead atoms. The van der Waals surface area contributed by atoms with E-state index in [2.05, 4.69) is 5.32 Å². The number of para-hydroxylation sites is 1. The number of hydrogen-bond acceptors (Lipinski definition) is 6. The molecule has 3 amide bonds. The van der Waals surface area contributed by atoms with Crippen LogP contribution in [0.25, 0.3) is 5.57 Å². The lowest BCUT2D eigenvalue weighted by atomic mass is 10.1. The monoisotopic (exact) mass is 515 g/mol. The van der Waals surface area contributed by atoms with Crippen molar-refractivity contribution in [2.45, 2.75) is 6.54 Å². The first-order valence-corrected chi connectivity index (χ1v) is 12.4. The number of thiocarbonyl (C=S) groups is 1. The highest BCUT2D eigenvalue weighted by molar-refractivity contribution is 8.26. The van der Waals surface area contributed by atoms with Gasteiger partial charge in [-0.3, -0.25) is 24.2 Å². The zero-order valence-corrected chi connectivity index (χ0v) is 20.9. The molecule has 1 N–H and O–H groups in total. The summed E-state index contributed by atoms with van der Waals surface area (Å²) in [4.78, 5) is 43.0. The first-order valence-electron chi connectivity index (χ1n) is 11.1. The van der Waals surface area contributed by atoms with Crippen LogP contribution in [0.5, 0.6) is 5.75 Å². The topological polar surface area (TPSA) is 79.0 Å². The van der Waals surface area contributed by atoms with Crippen molar-refractivity contribution in [2.24, 2.45) is 0 Å². The first kappa shape index (κ1) is 23.8. The third-order valence-corrected chi connectivity index (χ3v) is 7.31. The Labute approximate surface area is 217 Å². The lowest BCUT2D eigenvalue weighted by Crippen LogP contribution is -2.35. The highest BCUT2D eigenvalue weighted by atomic mass is 32.2. The SMILES string of the molecule is COc1ccc(NC(=O)CN2C(=O)/C(=C3\SC(=S)N(Cc4ccccc4)C3=O)c3ccccc32)cc1. The number of benzene rings is 3. The van der Waals surface area contributed by atoms with E-state index in [0.717, 1.165) is 17.3 Å². The fourth-order valence-electron chi connectivity index (χ4n) is 4.13. The average molecular weight is 516 g/mol. The molecule has 1 saturated heterocycles. The largest absolute Gasteiger partial charge is 0.497 e. The number of carbonyl (C=O) groups excluding carboxylic acids is 3. The molecule has 3 aromatic carbocycles. The van der Waals surface area contributed by atoms with Crippen molar-refractivity contribution in [3.8, 4) is 5.75 Å². The van der Waals surface area contributed by atoms with Crippen molar-refractivity contribution in [2.75, 3.05) is 23.9 Å². The number of anilines is 2. The summed E-state index contributed by atoms with van der Waals surface area (Å²) in [5.41, 5.74) is 2.99. The number of amides is 3. The van der Waals surface area contributed by atoms with E-state index < -0.39 is 5.91 Å². The predicted octanol–water partition coefficient (Wildman–Crippen LogP) is 4.45. The highest BCUT2D eigenvalue weighted by Gasteiger charge is 2.42. The Bertz CT molecular complexity index is 1400. The molecule has 2 aliphatic heterocycles. The molecule has 2 heterocycles. The van der Waals surface area contributed by atoms with E-state index in [1.807, 2.05) is 30.3 Å². The van der Waals surface area contributed by atoms with Gasteiger partial charge in [0.05, 0.1) is 29.8 Å². The summed E-state index contributed by atoms with van der Waals surface area (Å²) in [6.45, 7) is 0.127. The summed E-state index contributed by atoms with van der Waals surface area (Å²) in [6.07, 6.45) is 0. The van der Waals surface area contributed by atoms with Crippen LogP contribution in [0.1, 0.15) is 11.1 Å². The molecule has 180 valence electrons. The van der Waals surface area contributed by atoms with Crippen LogP contribution in [0.15, 0.2) is 83.8 Å². The van der Waals surface area contributed by atoms with Crippen molar-refractivity contribution in [3.05, 3.63) is 94.9 Å². The van der Waals surface area contributed by atoms with Crippen LogP contribution in [0.3, 0.4) is 0 Å². The first-order chi connectivity index (χ1) is 17.5. The van der Waals surface area contributed by atoms with Gasteiger partial charge in [0, 0.05) is 11.3 Å². The molecule has 5 rings (SSSR count). The fourth-order valence-corrected chi connectivity index (χ4v) is 5.45. The number of methoxy groups -OCH3 is 1. The molecule has 2 aliphatic rings. The van der Waals surface area contributed by atoms with E-state index in [4.69, 9.17) is 17.0 Å². The lowest BCUT2D eigenvalue weighted by Gasteiger charge is -2.17. The van der Waals surface area contributed by atoms with Crippen LogP contribution in [0, 0.1) is 0 Å². The molecule has 0 aromatic heterocycles. The minimum atomic E-state index is -0.402. The predicted molar refractivity (Wildman–Crippen MR) is 145 cm³/mol. The zero-order valence-electron chi connectivity index (χ0n) is 19.3. The molecular formula is C27H21N3O4S2. The smallest absolute Gasteiger partial charge is 0.267 e. The van der Waals surface area contributed by atoms with Gasteiger partial charge in [-0.05, 0) is 35.9 Å². The van der Waals surface area contributed by atoms with Gasteiger partial charge in [0.1, 0.15) is 16.6 Å². The molecule has 0 aliphatic carbocycles. The second-order valence-corrected chi connectivity index (χ2v) is 9.78. The maximum absolute atomic E-state index is 13.6. The number of hydrogen-bond donors (Lipinski definition) is 1. The van der Waals surface area contributed by atoms with Crippen molar-refractivity contribution in [3.63, 3.8) is 0 Å².